The van der Waals surface area contributed by atoms with Crippen molar-refractivity contribution in [2.24, 2.45) is 11.8 Å². The van der Waals surface area contributed by atoms with Crippen LogP contribution in [0, 0.1) is 25.7 Å². The normalized spacial score (nSPS) is 13.3. The van der Waals surface area contributed by atoms with Gasteiger partial charge in [0.15, 0.2) is 0 Å². The van der Waals surface area contributed by atoms with Gasteiger partial charge in [0.05, 0.1) is 0 Å². The molecule has 2 aliphatic rings. The predicted molar refractivity (Wildman–Crippen MR) is 218 cm³/mol. The average molecular weight is 811 g/mol. The van der Waals surface area contributed by atoms with Gasteiger partial charge in [0, 0.05) is 0 Å². The van der Waals surface area contributed by atoms with Crippen LogP contribution in [0.15, 0.2) is 88.2 Å². The molecule has 0 aliphatic heterocycles. The number of fused-ring (bicyclic) bond motifs is 3. The maximum atomic E-state index is 2.64. The fraction of sp³-hybridized carbons (Fsp3) is 0.408. The van der Waals surface area contributed by atoms with Crippen LogP contribution < -0.4 is 28.1 Å². The molecule has 274 valence electrons. The third-order valence-electron chi connectivity index (χ3n) is 10.7. The Morgan fingerprint density at radius 3 is 1.65 bits per heavy atom. The van der Waals surface area contributed by atoms with Gasteiger partial charge >= 0.3 is 314 Å². The number of halogens is 2. The minimum Gasteiger partial charge on any atom is -1.00 e. The van der Waals surface area contributed by atoms with Gasteiger partial charge in [-0.05, 0) is 0 Å². The van der Waals surface area contributed by atoms with E-state index < -0.39 is 21.3 Å². The van der Waals surface area contributed by atoms with E-state index in [-0.39, 0.29) is 35.6 Å². The first-order chi connectivity index (χ1) is 23.5. The van der Waals surface area contributed by atoms with Crippen molar-refractivity contribution in [2.45, 2.75) is 120 Å². The molecule has 0 nitrogen and oxygen atoms in total. The van der Waals surface area contributed by atoms with Crippen molar-refractivity contribution in [3.63, 3.8) is 0 Å². The Hall–Kier alpha value is -2.31. The molecule has 0 N–H and O–H groups in total. The summed E-state index contributed by atoms with van der Waals surface area (Å²) in [6, 6.07) is 26.6. The maximum absolute atomic E-state index is 2.64. The Bertz CT molecular complexity index is 1990. The Balaban J connectivity index is 0.00000302. The zero-order valence-corrected chi connectivity index (χ0v) is 37.8. The third-order valence-corrected chi connectivity index (χ3v) is 18.5. The molecule has 6 rings (SSSR count). The summed E-state index contributed by atoms with van der Waals surface area (Å²) in [6.45, 7) is 28.7. The van der Waals surface area contributed by atoms with Crippen molar-refractivity contribution < 1.29 is 46.1 Å². The Morgan fingerprint density at radius 1 is 0.654 bits per heavy atom. The molecule has 0 heterocycles. The molecule has 3 heteroatoms. The van der Waals surface area contributed by atoms with Gasteiger partial charge in [-0.15, -0.1) is 0 Å². The quantitative estimate of drug-likeness (QED) is 0.156. The summed E-state index contributed by atoms with van der Waals surface area (Å²) >= 11 is -2.64. The summed E-state index contributed by atoms with van der Waals surface area (Å²) in [5.41, 5.74) is 17.4. The topological polar surface area (TPSA) is 0 Å². The van der Waals surface area contributed by atoms with E-state index in [1.54, 1.807) is 17.7 Å². The number of benzene rings is 4. The predicted octanol–water partition coefficient (Wildman–Crippen LogP) is 7.16. The van der Waals surface area contributed by atoms with Gasteiger partial charge in [-0.25, -0.2) is 0 Å². The van der Waals surface area contributed by atoms with E-state index in [4.69, 9.17) is 0 Å². The number of rotatable bonds is 8. The fourth-order valence-electron chi connectivity index (χ4n) is 8.33. The molecule has 2 aliphatic carbocycles. The molecule has 0 bridgehead atoms. The standard InChI is InChI=1S/C35H37.C9H18.C5H5.2ClH.Zr/c1-22-9-13-24(14-10-22)30-18-26-17-27-19-31(25-15-11-23(2)12-16-25)33(35(6,7)8)21-29(27)28(26)20-32(30)34(3,4)5;1-8(2)6-5-7-9(3)4;1-2-4-5-3-1;;;/h9-16,18,20-21H,17H2,1-8H3;8-9H,6-7H2,1-4H3;1-3H,4H2;2*1H;/q;;;;;+2/p-2. The van der Waals surface area contributed by atoms with Gasteiger partial charge in [0.25, 0.3) is 0 Å². The molecule has 0 saturated heterocycles. The second-order valence-electron chi connectivity index (χ2n) is 18.2. The van der Waals surface area contributed by atoms with Crippen LogP contribution >= 0.6 is 0 Å². The number of allylic oxidation sites excluding steroid dienone is 4. The number of aryl methyl sites for hydroxylation is 2. The molecule has 4 aromatic rings. The van der Waals surface area contributed by atoms with Gasteiger partial charge in [0.1, 0.15) is 0 Å². The van der Waals surface area contributed by atoms with Gasteiger partial charge < -0.3 is 24.8 Å². The minimum atomic E-state index is -2.64. The van der Waals surface area contributed by atoms with Crippen LogP contribution in [0.3, 0.4) is 0 Å². The first-order valence-corrected chi connectivity index (χ1v) is 22.8. The van der Waals surface area contributed by atoms with Crippen molar-refractivity contribution >= 4 is 6.48 Å². The van der Waals surface area contributed by atoms with Gasteiger partial charge in [-0.2, -0.15) is 0 Å². The SMILES string of the molecule is Cc1ccc(-c2cc3c(cc2C(C)(C)C)-c2cc(C(C)(C)C)c(-c4ccc(C)cc4)[c]([Zr+2]([C]4=CC=CC4)=[C](CC(C)C)CC(C)C)c2C3)cc1.[Cl-].[Cl-]. The molecule has 0 fully saturated rings. The molecule has 0 spiro atoms. The van der Waals surface area contributed by atoms with E-state index in [1.807, 2.05) is 3.21 Å². The largest absolute Gasteiger partial charge is 1.00 e. The smallest absolute Gasteiger partial charge is 1.00 e. The van der Waals surface area contributed by atoms with Crippen LogP contribution in [0.5, 0.6) is 0 Å². The Labute approximate surface area is 336 Å². The van der Waals surface area contributed by atoms with Gasteiger partial charge in [-0.1, -0.05) is 0 Å². The van der Waals surface area contributed by atoms with Gasteiger partial charge in [-0.3, -0.25) is 0 Å². The van der Waals surface area contributed by atoms with Crippen LogP contribution in [0.1, 0.15) is 122 Å². The average Bonchev–Trinajstić information content (AvgIpc) is 3.68. The molecule has 4 aromatic carbocycles. The summed E-state index contributed by atoms with van der Waals surface area (Å²) in [5.74, 6) is 1.30. The number of hydrogen-bond acceptors (Lipinski definition) is 0. The molecule has 0 saturated carbocycles. The summed E-state index contributed by atoms with van der Waals surface area (Å²) in [5, 5.41) is 0. The minimum absolute atomic E-state index is 0. The molecule has 0 aromatic heterocycles. The molecule has 0 unspecified atom stereocenters. The van der Waals surface area contributed by atoms with Crippen LogP contribution in [0.2, 0.25) is 0 Å². The van der Waals surface area contributed by atoms with E-state index >= 15 is 0 Å². The first-order valence-electron chi connectivity index (χ1n) is 19.1. The van der Waals surface area contributed by atoms with Gasteiger partial charge in [0.2, 0.25) is 0 Å². The monoisotopic (exact) mass is 808 g/mol. The third kappa shape index (κ3) is 8.80. The molecule has 52 heavy (non-hydrogen) atoms. The molecular weight excluding hydrogens is 751 g/mol. The van der Waals surface area contributed by atoms with E-state index in [2.05, 4.69) is 168 Å². The first kappa shape index (κ1) is 42.4. The van der Waals surface area contributed by atoms with Crippen LogP contribution in [0.4, 0.5) is 0 Å². The fourth-order valence-corrected chi connectivity index (χ4v) is 18.1. The second kappa shape index (κ2) is 16.6. The van der Waals surface area contributed by atoms with Crippen LogP contribution in [-0.4, -0.2) is 3.21 Å². The van der Waals surface area contributed by atoms with Crippen molar-refractivity contribution in [3.05, 3.63) is 122 Å². The van der Waals surface area contributed by atoms with E-state index in [9.17, 15) is 0 Å². The molecule has 0 atom stereocenters. The van der Waals surface area contributed by atoms with Crippen LogP contribution in [0.25, 0.3) is 33.4 Å². The summed E-state index contributed by atoms with van der Waals surface area (Å²) in [6.07, 6.45) is 11.9. The van der Waals surface area contributed by atoms with E-state index in [1.165, 1.54) is 68.5 Å². The second-order valence-corrected chi connectivity index (χ2v) is 24.6. The summed E-state index contributed by atoms with van der Waals surface area (Å²) in [7, 11) is 0. The zero-order chi connectivity index (χ0) is 36.1. The van der Waals surface area contributed by atoms with Crippen LogP contribution in [-0.2, 0) is 38.5 Å². The Kier molecular flexibility index (Phi) is 13.5. The maximum Gasteiger partial charge on any atom is -1.00 e. The van der Waals surface area contributed by atoms with Crippen molar-refractivity contribution in [1.82, 2.24) is 0 Å². The van der Waals surface area contributed by atoms with Crippen molar-refractivity contribution in [1.29, 1.82) is 0 Å². The molecule has 0 radical (unpaired) electrons. The molecular formula is C49H60Cl2Zr. The van der Waals surface area contributed by atoms with Crippen molar-refractivity contribution in [3.8, 4) is 33.4 Å². The summed E-state index contributed by atoms with van der Waals surface area (Å²) < 4.78 is 5.44. The number of hydrogen-bond donors (Lipinski definition) is 0. The zero-order valence-electron chi connectivity index (χ0n) is 33.8. The van der Waals surface area contributed by atoms with E-state index in [0.29, 0.717) is 11.8 Å². The Morgan fingerprint density at radius 2 is 1.17 bits per heavy atom. The summed E-state index contributed by atoms with van der Waals surface area (Å²) in [4.78, 5) is 0. The van der Waals surface area contributed by atoms with Crippen molar-refractivity contribution in [2.75, 3.05) is 0 Å². The molecule has 0 amide bonds. The van der Waals surface area contributed by atoms with E-state index in [0.717, 1.165) is 12.8 Å².